The molecule has 5 rings (SSSR count). The van der Waals surface area contributed by atoms with Gasteiger partial charge in [0.25, 0.3) is 10.0 Å². The van der Waals surface area contributed by atoms with Crippen LogP contribution in [0, 0.1) is 17.2 Å². The lowest BCUT2D eigenvalue weighted by molar-refractivity contribution is -0.137. The molecule has 0 N–H and O–H groups in total. The highest BCUT2D eigenvalue weighted by atomic mass is 35.5. The summed E-state index contributed by atoms with van der Waals surface area (Å²) in [5, 5.41) is -0.136. The second-order valence-electron chi connectivity index (χ2n) is 13.0. The van der Waals surface area contributed by atoms with Crippen molar-refractivity contribution in [1.82, 2.24) is 9.97 Å². The molecular formula is C36H37ClF4N3O5S. The molecule has 2 atom stereocenters. The minimum atomic E-state index is -4.63. The van der Waals surface area contributed by atoms with Gasteiger partial charge in [0, 0.05) is 35.9 Å². The van der Waals surface area contributed by atoms with E-state index in [1.54, 1.807) is 24.3 Å². The van der Waals surface area contributed by atoms with Gasteiger partial charge in [-0.05, 0) is 60.4 Å². The molecule has 0 unspecified atom stereocenters. The summed E-state index contributed by atoms with van der Waals surface area (Å²) < 4.78 is 103. The van der Waals surface area contributed by atoms with Crippen LogP contribution in [0.4, 0.5) is 23.4 Å². The second-order valence-corrected chi connectivity index (χ2v) is 15.2. The van der Waals surface area contributed by atoms with Crippen LogP contribution in [-0.2, 0) is 22.7 Å². The van der Waals surface area contributed by atoms with Gasteiger partial charge in [0.05, 0.1) is 31.4 Å². The van der Waals surface area contributed by atoms with Gasteiger partial charge in [-0.2, -0.15) is 13.2 Å². The van der Waals surface area contributed by atoms with E-state index in [9.17, 15) is 21.6 Å². The third kappa shape index (κ3) is 8.10. The van der Waals surface area contributed by atoms with Gasteiger partial charge in [0.2, 0.25) is 0 Å². The molecule has 0 amide bonds. The number of methoxy groups -OCH3 is 2. The van der Waals surface area contributed by atoms with Crippen LogP contribution in [0.5, 0.6) is 17.2 Å². The van der Waals surface area contributed by atoms with E-state index in [2.05, 4.69) is 9.97 Å². The number of hydrogen-bond donors (Lipinski definition) is 0. The standard InChI is InChI=1S/C36H37ClF4N3O5S/c1-35(2,3)27-16-23(22-7-6-8-25(15-22)36(39,40)41)10-12-30(27)49-32-19-29(38)33(18-28(32)37)50(45,46)44(34-13-14-42-21-43-34)20-24-9-11-26(47-4)17-31(24)48-5/h6-9,11,13-15,17-19,21,23,30H,10,12,16,20H2,1-5H3/t23-,30-/m0/s1. The van der Waals surface area contributed by atoms with Gasteiger partial charge in [-0.25, -0.2) is 27.1 Å². The van der Waals surface area contributed by atoms with Gasteiger partial charge in [0.15, 0.2) is 0 Å². The Kier molecular flexibility index (Phi) is 10.9. The number of anilines is 1. The van der Waals surface area contributed by atoms with Crippen molar-refractivity contribution in [3.05, 3.63) is 107 Å². The van der Waals surface area contributed by atoms with Gasteiger partial charge in [0.1, 0.15) is 46.2 Å². The molecule has 8 nitrogen and oxygen atoms in total. The van der Waals surface area contributed by atoms with E-state index in [1.165, 1.54) is 44.9 Å². The maximum absolute atomic E-state index is 16.0. The molecule has 1 aromatic heterocycles. The Morgan fingerprint density at radius 1 is 0.960 bits per heavy atom. The first-order valence-electron chi connectivity index (χ1n) is 15.7. The maximum Gasteiger partial charge on any atom is 0.416 e. The molecule has 267 valence electrons. The van der Waals surface area contributed by atoms with Crippen molar-refractivity contribution in [1.29, 1.82) is 0 Å². The van der Waals surface area contributed by atoms with Crippen LogP contribution in [-0.4, -0.2) is 38.7 Å². The molecule has 4 aromatic rings. The van der Waals surface area contributed by atoms with Crippen LogP contribution in [0.25, 0.3) is 0 Å². The third-order valence-electron chi connectivity index (χ3n) is 8.73. The number of alkyl halides is 3. The predicted octanol–water partition coefficient (Wildman–Crippen LogP) is 9.04. The fourth-order valence-corrected chi connectivity index (χ4v) is 7.87. The Labute approximate surface area is 294 Å². The number of rotatable bonds is 10. The Morgan fingerprint density at radius 3 is 2.36 bits per heavy atom. The van der Waals surface area contributed by atoms with Gasteiger partial charge in [-0.1, -0.05) is 50.6 Å². The summed E-state index contributed by atoms with van der Waals surface area (Å²) in [4.78, 5) is 7.28. The topological polar surface area (TPSA) is 90.9 Å². The monoisotopic (exact) mass is 734 g/mol. The Bertz CT molecular complexity index is 1920. The van der Waals surface area contributed by atoms with Crippen LogP contribution in [0.15, 0.2) is 78.1 Å². The van der Waals surface area contributed by atoms with Gasteiger partial charge in [-0.15, -0.1) is 0 Å². The molecular weight excluding hydrogens is 698 g/mol. The Morgan fingerprint density at radius 2 is 1.72 bits per heavy atom. The summed E-state index contributed by atoms with van der Waals surface area (Å²) in [6.45, 7) is 5.65. The van der Waals surface area contributed by atoms with Crippen LogP contribution >= 0.6 is 11.6 Å². The predicted molar refractivity (Wildman–Crippen MR) is 182 cm³/mol. The highest BCUT2D eigenvalue weighted by Gasteiger charge is 2.41. The number of hydrogen-bond acceptors (Lipinski definition) is 7. The minimum absolute atomic E-state index is 0.0179. The average Bonchev–Trinajstić information content (AvgIpc) is 3.08. The highest BCUT2D eigenvalue weighted by molar-refractivity contribution is 7.92. The largest absolute Gasteiger partial charge is 0.497 e. The maximum atomic E-state index is 16.0. The molecule has 1 saturated carbocycles. The van der Waals surface area contributed by atoms with Crippen LogP contribution in [0.3, 0.4) is 0 Å². The molecule has 0 aliphatic heterocycles. The zero-order valence-corrected chi connectivity index (χ0v) is 29.7. The smallest absolute Gasteiger partial charge is 0.416 e. The second kappa shape index (κ2) is 14.6. The molecule has 1 aliphatic rings. The van der Waals surface area contributed by atoms with E-state index in [0.29, 0.717) is 41.9 Å². The summed E-state index contributed by atoms with van der Waals surface area (Å²) >= 11 is 6.62. The number of aromatic nitrogens is 2. The summed E-state index contributed by atoms with van der Waals surface area (Å²) in [6.07, 6.45) is -1.07. The third-order valence-corrected chi connectivity index (χ3v) is 10.8. The van der Waals surface area contributed by atoms with Crippen molar-refractivity contribution in [2.75, 3.05) is 18.5 Å². The molecule has 1 radical (unpaired) electrons. The van der Waals surface area contributed by atoms with Crippen LogP contribution in [0.2, 0.25) is 5.02 Å². The van der Waals surface area contributed by atoms with E-state index in [0.717, 1.165) is 28.4 Å². The van der Waals surface area contributed by atoms with Gasteiger partial charge in [-0.3, -0.25) is 0 Å². The van der Waals surface area contributed by atoms with Crippen molar-refractivity contribution in [3.8, 4) is 17.2 Å². The van der Waals surface area contributed by atoms with Crippen molar-refractivity contribution in [3.63, 3.8) is 0 Å². The zero-order valence-electron chi connectivity index (χ0n) is 28.1. The first-order chi connectivity index (χ1) is 23.5. The molecule has 3 aromatic carbocycles. The van der Waals surface area contributed by atoms with Crippen LogP contribution in [0.1, 0.15) is 62.6 Å². The lowest BCUT2D eigenvalue weighted by Gasteiger charge is -2.43. The number of sulfonamides is 1. The van der Waals surface area contributed by atoms with Crippen molar-refractivity contribution in [2.24, 2.45) is 5.41 Å². The molecule has 14 heteroatoms. The zero-order chi connectivity index (χ0) is 36.4. The fourth-order valence-electron chi connectivity index (χ4n) is 6.13. The average molecular weight is 735 g/mol. The molecule has 0 saturated heterocycles. The van der Waals surface area contributed by atoms with Crippen molar-refractivity contribution >= 4 is 27.4 Å². The molecule has 1 heterocycles. The first kappa shape index (κ1) is 37.2. The number of benzene rings is 3. The summed E-state index contributed by atoms with van der Waals surface area (Å²) in [7, 11) is -1.71. The lowest BCUT2D eigenvalue weighted by atomic mass is 9.66. The van der Waals surface area contributed by atoms with E-state index in [1.807, 2.05) is 20.8 Å². The summed E-state index contributed by atoms with van der Waals surface area (Å²) in [5.74, 6) is 0.403. The summed E-state index contributed by atoms with van der Waals surface area (Å²) in [5.41, 5.74) is -0.0868. The van der Waals surface area contributed by atoms with Crippen molar-refractivity contribution < 1.29 is 40.2 Å². The normalized spacial score (nSPS) is 17.3. The first-order valence-corrected chi connectivity index (χ1v) is 17.5. The number of halogens is 5. The number of ether oxygens (including phenoxy) is 3. The molecule has 0 spiro atoms. The van der Waals surface area contributed by atoms with E-state index in [-0.39, 0.29) is 29.1 Å². The summed E-state index contributed by atoms with van der Waals surface area (Å²) in [6, 6.07) is 13.5. The molecule has 50 heavy (non-hydrogen) atoms. The SMILES string of the molecule is COc1ccc(CN(c2ccncn2)S(=O)(=O)c2cc(Cl)c(O[C@H]3CC[C@H](c4cccc(C(F)(F)F)c4)C[C]3C(C)(C)C)cc2F)c(OC)c1. The van der Waals surface area contributed by atoms with Gasteiger partial charge >= 0.3 is 6.18 Å². The fraction of sp³-hybridized carbons (Fsp3) is 0.361. The molecule has 1 aliphatic carbocycles. The van der Waals surface area contributed by atoms with Crippen molar-refractivity contribution in [2.45, 2.75) is 69.7 Å². The van der Waals surface area contributed by atoms with E-state index in [4.69, 9.17) is 25.8 Å². The Hall–Kier alpha value is -4.10. The minimum Gasteiger partial charge on any atom is -0.497 e. The van der Waals surface area contributed by atoms with Crippen LogP contribution < -0.4 is 18.5 Å². The van der Waals surface area contributed by atoms with E-state index >= 15 is 4.39 Å². The lowest BCUT2D eigenvalue weighted by Crippen LogP contribution is -2.39. The van der Waals surface area contributed by atoms with E-state index < -0.39 is 44.0 Å². The quantitative estimate of drug-likeness (QED) is 0.150. The van der Waals surface area contributed by atoms with Gasteiger partial charge < -0.3 is 14.2 Å². The number of nitrogens with zero attached hydrogens (tertiary/aromatic N) is 3. The molecule has 0 bridgehead atoms. The molecule has 1 fully saturated rings. The Balaban J connectivity index is 1.44. The highest BCUT2D eigenvalue weighted by Crippen LogP contribution is 2.48.